The first kappa shape index (κ1) is 11.6. The highest BCUT2D eigenvalue weighted by atomic mass is 32.1. The monoisotopic (exact) mass is 240 g/mol. The summed E-state index contributed by atoms with van der Waals surface area (Å²) in [5, 5.41) is 7.25. The van der Waals surface area contributed by atoms with Crippen LogP contribution in [-0.2, 0) is 16.1 Å². The Kier molecular flexibility index (Phi) is 3.93. The quantitative estimate of drug-likeness (QED) is 0.845. The summed E-state index contributed by atoms with van der Waals surface area (Å²) in [5.41, 5.74) is 1.18. The number of amides is 1. The predicted molar refractivity (Wildman–Crippen MR) is 63.4 cm³/mol. The fourth-order valence-electron chi connectivity index (χ4n) is 1.72. The molecular formula is C11H16N2O2S. The molecular weight excluding hydrogens is 224 g/mol. The number of likely N-dealkylation sites (N-methyl/N-ethyl adjacent to an activating group) is 1. The zero-order chi connectivity index (χ0) is 11.4. The van der Waals surface area contributed by atoms with Crippen LogP contribution in [0, 0.1) is 0 Å². The fraction of sp³-hybridized carbons (Fsp3) is 0.545. The molecule has 1 saturated heterocycles. The Morgan fingerprint density at radius 2 is 2.62 bits per heavy atom. The summed E-state index contributed by atoms with van der Waals surface area (Å²) in [6, 6.07) is 1.86. The Morgan fingerprint density at radius 3 is 3.25 bits per heavy atom. The number of thiophene rings is 1. The molecule has 2 rings (SSSR count). The van der Waals surface area contributed by atoms with E-state index in [1.807, 2.05) is 18.5 Å². The Labute approximate surface area is 99.2 Å². The lowest BCUT2D eigenvalue weighted by Gasteiger charge is -2.27. The van der Waals surface area contributed by atoms with Crippen LogP contribution in [0.3, 0.4) is 0 Å². The average Bonchev–Trinajstić information content (AvgIpc) is 2.82. The topological polar surface area (TPSA) is 41.6 Å². The van der Waals surface area contributed by atoms with Gasteiger partial charge in [0.2, 0.25) is 5.91 Å². The molecule has 1 aliphatic rings. The Bertz CT molecular complexity index is 334. The van der Waals surface area contributed by atoms with Gasteiger partial charge in [0, 0.05) is 20.1 Å². The molecule has 5 heteroatoms. The molecule has 1 aromatic heterocycles. The molecule has 0 aromatic carbocycles. The van der Waals surface area contributed by atoms with Crippen molar-refractivity contribution >= 4 is 17.2 Å². The smallest absolute Gasteiger partial charge is 0.242 e. The molecule has 16 heavy (non-hydrogen) atoms. The van der Waals surface area contributed by atoms with Crippen molar-refractivity contribution in [1.29, 1.82) is 0 Å². The molecule has 1 fully saturated rings. The van der Waals surface area contributed by atoms with Crippen LogP contribution >= 0.6 is 11.3 Å². The Morgan fingerprint density at radius 1 is 1.75 bits per heavy atom. The van der Waals surface area contributed by atoms with E-state index in [4.69, 9.17) is 4.74 Å². The number of hydrogen-bond donors (Lipinski definition) is 1. The van der Waals surface area contributed by atoms with Gasteiger partial charge in [-0.2, -0.15) is 11.3 Å². The number of ether oxygens (including phenoxy) is 1. The van der Waals surface area contributed by atoms with E-state index in [9.17, 15) is 4.79 Å². The van der Waals surface area contributed by atoms with Gasteiger partial charge in [0.1, 0.15) is 6.04 Å². The van der Waals surface area contributed by atoms with Crippen molar-refractivity contribution in [3.8, 4) is 0 Å². The van der Waals surface area contributed by atoms with Crippen molar-refractivity contribution in [3.63, 3.8) is 0 Å². The zero-order valence-electron chi connectivity index (χ0n) is 9.31. The second-order valence-corrected chi connectivity index (χ2v) is 4.69. The van der Waals surface area contributed by atoms with Crippen LogP contribution in [0.15, 0.2) is 16.8 Å². The summed E-state index contributed by atoms with van der Waals surface area (Å²) in [7, 11) is 1.83. The zero-order valence-corrected chi connectivity index (χ0v) is 10.1. The van der Waals surface area contributed by atoms with Crippen LogP contribution in [0.1, 0.15) is 5.56 Å². The van der Waals surface area contributed by atoms with Crippen molar-refractivity contribution in [2.24, 2.45) is 0 Å². The van der Waals surface area contributed by atoms with E-state index >= 15 is 0 Å². The van der Waals surface area contributed by atoms with Crippen LogP contribution < -0.4 is 5.32 Å². The third kappa shape index (κ3) is 2.81. The van der Waals surface area contributed by atoms with Gasteiger partial charge in [-0.15, -0.1) is 0 Å². The first-order valence-electron chi connectivity index (χ1n) is 5.34. The van der Waals surface area contributed by atoms with Gasteiger partial charge in [-0.1, -0.05) is 0 Å². The van der Waals surface area contributed by atoms with Crippen LogP contribution in [0.4, 0.5) is 0 Å². The average molecular weight is 240 g/mol. The molecule has 2 heterocycles. The lowest BCUT2D eigenvalue weighted by Crippen LogP contribution is -2.51. The van der Waals surface area contributed by atoms with Crippen LogP contribution in [0.25, 0.3) is 0 Å². The van der Waals surface area contributed by atoms with Crippen LogP contribution in [-0.4, -0.2) is 43.7 Å². The summed E-state index contributed by atoms with van der Waals surface area (Å²) < 4.78 is 5.28. The Balaban J connectivity index is 1.88. The standard InChI is InChI=1S/C11H16N2O2S/c1-13(6-9-2-5-16-8-9)11(14)10-7-15-4-3-12-10/h2,5,8,10,12H,3-4,6-7H2,1H3. The molecule has 1 amide bonds. The van der Waals surface area contributed by atoms with Crippen molar-refractivity contribution in [1.82, 2.24) is 10.2 Å². The van der Waals surface area contributed by atoms with E-state index in [0.29, 0.717) is 19.8 Å². The van der Waals surface area contributed by atoms with Gasteiger partial charge in [0.25, 0.3) is 0 Å². The number of carbonyl (C=O) groups excluding carboxylic acids is 1. The van der Waals surface area contributed by atoms with Crippen LogP contribution in [0.2, 0.25) is 0 Å². The summed E-state index contributed by atoms with van der Waals surface area (Å²) >= 11 is 1.65. The highest BCUT2D eigenvalue weighted by Gasteiger charge is 2.24. The van der Waals surface area contributed by atoms with E-state index < -0.39 is 0 Å². The third-order valence-electron chi connectivity index (χ3n) is 2.60. The molecule has 1 atom stereocenters. The summed E-state index contributed by atoms with van der Waals surface area (Å²) in [6.45, 7) is 2.59. The third-order valence-corrected chi connectivity index (χ3v) is 3.33. The molecule has 1 N–H and O–H groups in total. The van der Waals surface area contributed by atoms with E-state index in [1.165, 1.54) is 5.56 Å². The molecule has 0 bridgehead atoms. The minimum Gasteiger partial charge on any atom is -0.378 e. The van der Waals surface area contributed by atoms with E-state index in [2.05, 4.69) is 10.7 Å². The van der Waals surface area contributed by atoms with Crippen molar-refractivity contribution in [2.75, 3.05) is 26.8 Å². The first-order chi connectivity index (χ1) is 7.77. The number of hydrogen-bond acceptors (Lipinski definition) is 4. The lowest BCUT2D eigenvalue weighted by atomic mass is 10.2. The fourth-order valence-corrected chi connectivity index (χ4v) is 2.38. The normalized spacial score (nSPS) is 20.7. The summed E-state index contributed by atoms with van der Waals surface area (Å²) in [4.78, 5) is 13.8. The lowest BCUT2D eigenvalue weighted by molar-refractivity contribution is -0.135. The van der Waals surface area contributed by atoms with Gasteiger partial charge < -0.3 is 15.0 Å². The molecule has 1 unspecified atom stereocenters. The van der Waals surface area contributed by atoms with Crippen molar-refractivity contribution in [3.05, 3.63) is 22.4 Å². The number of rotatable bonds is 3. The minimum atomic E-state index is -0.183. The van der Waals surface area contributed by atoms with E-state index in [1.54, 1.807) is 16.2 Å². The van der Waals surface area contributed by atoms with Gasteiger partial charge in [-0.25, -0.2) is 0 Å². The maximum Gasteiger partial charge on any atom is 0.242 e. The molecule has 1 aliphatic heterocycles. The number of carbonyl (C=O) groups is 1. The summed E-state index contributed by atoms with van der Waals surface area (Å²) in [6.07, 6.45) is 0. The van der Waals surface area contributed by atoms with Gasteiger partial charge >= 0.3 is 0 Å². The maximum absolute atomic E-state index is 12.0. The minimum absolute atomic E-state index is 0.103. The van der Waals surface area contributed by atoms with Gasteiger partial charge in [0.05, 0.1) is 13.2 Å². The van der Waals surface area contributed by atoms with Gasteiger partial charge in [-0.05, 0) is 22.4 Å². The molecule has 0 aliphatic carbocycles. The predicted octanol–water partition coefficient (Wildman–Crippen LogP) is 0.695. The molecule has 1 aromatic rings. The summed E-state index contributed by atoms with van der Waals surface area (Å²) in [5.74, 6) is 0.103. The maximum atomic E-state index is 12.0. The highest BCUT2D eigenvalue weighted by Crippen LogP contribution is 2.09. The number of morpholine rings is 1. The van der Waals surface area contributed by atoms with Crippen molar-refractivity contribution in [2.45, 2.75) is 12.6 Å². The largest absolute Gasteiger partial charge is 0.378 e. The second kappa shape index (κ2) is 5.43. The number of nitrogens with zero attached hydrogens (tertiary/aromatic N) is 1. The number of nitrogens with one attached hydrogen (secondary N) is 1. The molecule has 88 valence electrons. The van der Waals surface area contributed by atoms with E-state index in [0.717, 1.165) is 6.54 Å². The molecule has 0 radical (unpaired) electrons. The van der Waals surface area contributed by atoms with E-state index in [-0.39, 0.29) is 11.9 Å². The molecule has 0 spiro atoms. The van der Waals surface area contributed by atoms with Crippen LogP contribution in [0.5, 0.6) is 0 Å². The Hall–Kier alpha value is -0.910. The van der Waals surface area contributed by atoms with Crippen molar-refractivity contribution < 1.29 is 9.53 Å². The van der Waals surface area contributed by atoms with Gasteiger partial charge in [0.15, 0.2) is 0 Å². The molecule has 4 nitrogen and oxygen atoms in total. The SMILES string of the molecule is CN(Cc1ccsc1)C(=O)C1COCCN1. The second-order valence-electron chi connectivity index (χ2n) is 3.91. The van der Waals surface area contributed by atoms with Gasteiger partial charge in [-0.3, -0.25) is 4.79 Å². The highest BCUT2D eigenvalue weighted by molar-refractivity contribution is 7.07. The first-order valence-corrected chi connectivity index (χ1v) is 6.29. The molecule has 0 saturated carbocycles.